The number of nitrogens with one attached hydrogen (secondary N) is 2. The molecule has 1 atom stereocenters. The highest BCUT2D eigenvalue weighted by Gasteiger charge is 2.17. The molecule has 5 nitrogen and oxygen atoms in total. The maximum Gasteiger partial charge on any atom is 0.237 e. The number of aromatic amines is 1. The van der Waals surface area contributed by atoms with Gasteiger partial charge in [0, 0.05) is 11.3 Å². The van der Waals surface area contributed by atoms with Crippen molar-refractivity contribution in [1.29, 1.82) is 0 Å². The third-order valence-electron chi connectivity index (χ3n) is 4.29. The number of benzene rings is 2. The second kappa shape index (κ2) is 8.39. The Morgan fingerprint density at radius 1 is 1.04 bits per heavy atom. The van der Waals surface area contributed by atoms with E-state index in [0.29, 0.717) is 16.9 Å². The van der Waals surface area contributed by atoms with Crippen molar-refractivity contribution in [1.82, 2.24) is 15.2 Å². The van der Waals surface area contributed by atoms with Gasteiger partial charge in [0.1, 0.15) is 0 Å². The second-order valence-electron chi connectivity index (χ2n) is 6.86. The van der Waals surface area contributed by atoms with Gasteiger partial charge in [-0.1, -0.05) is 67.6 Å². The molecule has 0 aliphatic rings. The van der Waals surface area contributed by atoms with Crippen molar-refractivity contribution in [2.24, 2.45) is 0 Å². The Bertz CT molecular complexity index is 901. The molecule has 0 fully saturated rings. The standard InChI is InChI=1S/C21H24N4OS/c1-13(2)16-9-11-18(12-10-16)22-20(26)15(4)27-21-23-19(24-25-21)17-7-5-14(3)6-8-17/h5-13,15H,1-4H3,(H,22,26)(H,23,24,25)/t15-/m0/s1. The summed E-state index contributed by atoms with van der Waals surface area (Å²) in [6.07, 6.45) is 0. The molecule has 3 aromatic rings. The fourth-order valence-corrected chi connectivity index (χ4v) is 3.27. The summed E-state index contributed by atoms with van der Waals surface area (Å²) in [4.78, 5) is 16.9. The lowest BCUT2D eigenvalue weighted by molar-refractivity contribution is -0.115. The van der Waals surface area contributed by atoms with Crippen LogP contribution < -0.4 is 5.32 Å². The van der Waals surface area contributed by atoms with Crippen LogP contribution in [-0.2, 0) is 4.79 Å². The second-order valence-corrected chi connectivity index (χ2v) is 8.17. The Balaban J connectivity index is 1.60. The van der Waals surface area contributed by atoms with Crippen molar-refractivity contribution in [3.63, 3.8) is 0 Å². The molecule has 3 rings (SSSR count). The molecule has 2 N–H and O–H groups in total. The Morgan fingerprint density at radius 2 is 1.70 bits per heavy atom. The molecule has 0 aliphatic heterocycles. The summed E-state index contributed by atoms with van der Waals surface area (Å²) in [6, 6.07) is 16.0. The normalized spacial score (nSPS) is 12.2. The lowest BCUT2D eigenvalue weighted by Gasteiger charge is -2.11. The van der Waals surface area contributed by atoms with E-state index in [1.165, 1.54) is 22.9 Å². The molecule has 0 radical (unpaired) electrons. The van der Waals surface area contributed by atoms with Crippen LogP contribution in [0.15, 0.2) is 53.7 Å². The number of aryl methyl sites for hydroxylation is 1. The third kappa shape index (κ3) is 4.98. The predicted molar refractivity (Wildman–Crippen MR) is 111 cm³/mol. The van der Waals surface area contributed by atoms with Gasteiger partial charge in [0.25, 0.3) is 0 Å². The van der Waals surface area contributed by atoms with E-state index in [0.717, 1.165) is 11.3 Å². The quantitative estimate of drug-likeness (QED) is 0.589. The van der Waals surface area contributed by atoms with Gasteiger partial charge < -0.3 is 5.32 Å². The van der Waals surface area contributed by atoms with Gasteiger partial charge in [-0.25, -0.2) is 4.98 Å². The van der Waals surface area contributed by atoms with Gasteiger partial charge >= 0.3 is 0 Å². The van der Waals surface area contributed by atoms with E-state index in [9.17, 15) is 4.79 Å². The van der Waals surface area contributed by atoms with E-state index >= 15 is 0 Å². The molecule has 0 aliphatic carbocycles. The summed E-state index contributed by atoms with van der Waals surface area (Å²) in [7, 11) is 0. The lowest BCUT2D eigenvalue weighted by atomic mass is 10.0. The molecule has 6 heteroatoms. The molecule has 0 saturated heterocycles. The SMILES string of the molecule is Cc1ccc(-c2nc(S[C@@H](C)C(=O)Nc3ccc(C(C)C)cc3)n[nH]2)cc1. The van der Waals surface area contributed by atoms with E-state index in [1.807, 2.05) is 62.4 Å². The molecule has 0 saturated carbocycles. The maximum atomic E-state index is 12.5. The minimum absolute atomic E-state index is 0.0704. The Kier molecular flexibility index (Phi) is 5.96. The van der Waals surface area contributed by atoms with Gasteiger partial charge in [-0.2, -0.15) is 0 Å². The monoisotopic (exact) mass is 380 g/mol. The summed E-state index contributed by atoms with van der Waals surface area (Å²) in [5, 5.41) is 10.4. The molecule has 1 aromatic heterocycles. The summed E-state index contributed by atoms with van der Waals surface area (Å²) in [5.41, 5.74) is 4.22. The van der Waals surface area contributed by atoms with E-state index < -0.39 is 0 Å². The minimum Gasteiger partial charge on any atom is -0.325 e. The third-order valence-corrected chi connectivity index (χ3v) is 5.25. The van der Waals surface area contributed by atoms with Crippen LogP contribution in [0.25, 0.3) is 11.4 Å². The zero-order chi connectivity index (χ0) is 19.4. The van der Waals surface area contributed by atoms with Crippen LogP contribution >= 0.6 is 11.8 Å². The number of thioether (sulfide) groups is 1. The van der Waals surface area contributed by atoms with E-state index in [2.05, 4.69) is 34.3 Å². The number of anilines is 1. The Labute approximate surface area is 164 Å². The molecule has 0 spiro atoms. The highest BCUT2D eigenvalue weighted by atomic mass is 32.2. The van der Waals surface area contributed by atoms with Crippen LogP contribution in [0, 0.1) is 6.92 Å². The first-order chi connectivity index (χ1) is 12.9. The number of hydrogen-bond donors (Lipinski definition) is 2. The van der Waals surface area contributed by atoms with Gasteiger partial charge in [0.2, 0.25) is 11.1 Å². The van der Waals surface area contributed by atoms with Crippen molar-refractivity contribution in [2.45, 2.75) is 44.0 Å². The highest BCUT2D eigenvalue weighted by molar-refractivity contribution is 8.00. The van der Waals surface area contributed by atoms with E-state index in [-0.39, 0.29) is 11.2 Å². The number of hydrogen-bond acceptors (Lipinski definition) is 4. The van der Waals surface area contributed by atoms with Gasteiger partial charge in [-0.15, -0.1) is 5.10 Å². The minimum atomic E-state index is -0.309. The first-order valence-corrected chi connectivity index (χ1v) is 9.87. The van der Waals surface area contributed by atoms with Crippen LogP contribution in [0.2, 0.25) is 0 Å². The predicted octanol–water partition coefficient (Wildman–Crippen LogP) is 5.02. The molecule has 0 bridgehead atoms. The fraction of sp³-hybridized carbons (Fsp3) is 0.286. The molecule has 1 amide bonds. The first-order valence-electron chi connectivity index (χ1n) is 8.99. The number of nitrogens with zero attached hydrogens (tertiary/aromatic N) is 2. The summed E-state index contributed by atoms with van der Waals surface area (Å²) >= 11 is 1.33. The number of H-pyrrole nitrogens is 1. The number of aromatic nitrogens is 3. The fourth-order valence-electron chi connectivity index (χ4n) is 2.55. The molecular weight excluding hydrogens is 356 g/mol. The molecule has 140 valence electrons. The molecule has 2 aromatic carbocycles. The summed E-state index contributed by atoms with van der Waals surface area (Å²) in [6.45, 7) is 8.19. The van der Waals surface area contributed by atoms with Crippen LogP contribution in [0.5, 0.6) is 0 Å². The van der Waals surface area contributed by atoms with E-state index in [4.69, 9.17) is 0 Å². The topological polar surface area (TPSA) is 70.7 Å². The van der Waals surface area contributed by atoms with Crippen LogP contribution in [0.1, 0.15) is 37.8 Å². The number of carbonyl (C=O) groups excluding carboxylic acids is 1. The molecule has 0 unspecified atom stereocenters. The van der Waals surface area contributed by atoms with Crippen molar-refractivity contribution >= 4 is 23.4 Å². The van der Waals surface area contributed by atoms with Crippen molar-refractivity contribution in [3.05, 3.63) is 59.7 Å². The van der Waals surface area contributed by atoms with Crippen molar-refractivity contribution in [2.75, 3.05) is 5.32 Å². The number of carbonyl (C=O) groups is 1. The molecular formula is C21H24N4OS. The highest BCUT2D eigenvalue weighted by Crippen LogP contribution is 2.24. The average Bonchev–Trinajstić information content (AvgIpc) is 3.11. The molecule has 27 heavy (non-hydrogen) atoms. The average molecular weight is 381 g/mol. The Morgan fingerprint density at radius 3 is 2.33 bits per heavy atom. The van der Waals surface area contributed by atoms with Crippen molar-refractivity contribution in [3.8, 4) is 11.4 Å². The number of amides is 1. The summed E-state index contributed by atoms with van der Waals surface area (Å²) < 4.78 is 0. The zero-order valence-electron chi connectivity index (χ0n) is 16.0. The molecule has 1 heterocycles. The zero-order valence-corrected chi connectivity index (χ0v) is 16.8. The van der Waals surface area contributed by atoms with Gasteiger partial charge in [0.05, 0.1) is 5.25 Å². The lowest BCUT2D eigenvalue weighted by Crippen LogP contribution is -2.22. The van der Waals surface area contributed by atoms with Crippen LogP contribution in [-0.4, -0.2) is 26.3 Å². The largest absolute Gasteiger partial charge is 0.325 e. The maximum absolute atomic E-state index is 12.5. The van der Waals surface area contributed by atoms with Gasteiger partial charge in [-0.3, -0.25) is 9.89 Å². The van der Waals surface area contributed by atoms with Gasteiger partial charge in [0.15, 0.2) is 5.82 Å². The van der Waals surface area contributed by atoms with Gasteiger partial charge in [-0.05, 0) is 37.5 Å². The summed E-state index contributed by atoms with van der Waals surface area (Å²) in [5.74, 6) is 1.10. The Hall–Kier alpha value is -2.60. The van der Waals surface area contributed by atoms with Crippen molar-refractivity contribution < 1.29 is 4.79 Å². The van der Waals surface area contributed by atoms with Crippen LogP contribution in [0.3, 0.4) is 0 Å². The number of rotatable bonds is 6. The first kappa shape index (κ1) is 19.2. The van der Waals surface area contributed by atoms with E-state index in [1.54, 1.807) is 0 Å². The smallest absolute Gasteiger partial charge is 0.237 e. The van der Waals surface area contributed by atoms with Crippen LogP contribution in [0.4, 0.5) is 5.69 Å².